The van der Waals surface area contributed by atoms with Crippen molar-refractivity contribution in [3.05, 3.63) is 0 Å². The highest BCUT2D eigenvalue weighted by Crippen LogP contribution is 2.17. The summed E-state index contributed by atoms with van der Waals surface area (Å²) in [6, 6.07) is 0. The predicted molar refractivity (Wildman–Crippen MR) is 101 cm³/mol. The molecule has 0 aliphatic rings. The Labute approximate surface area is 151 Å². The van der Waals surface area contributed by atoms with Gasteiger partial charge in [-0.05, 0) is 32.1 Å². The molecule has 6 heteroatoms. The molecule has 0 fully saturated rings. The minimum Gasteiger partial charge on any atom is -0.726 e. The molecular formula is C18H41NO4S. The van der Waals surface area contributed by atoms with Crippen molar-refractivity contribution in [3.8, 4) is 0 Å². The monoisotopic (exact) mass is 367 g/mol. The molecular weight excluding hydrogens is 326 g/mol. The van der Waals surface area contributed by atoms with Gasteiger partial charge in [0.1, 0.15) is 0 Å². The van der Waals surface area contributed by atoms with Crippen LogP contribution in [0.2, 0.25) is 0 Å². The van der Waals surface area contributed by atoms with E-state index < -0.39 is 10.4 Å². The number of rotatable bonds is 14. The summed E-state index contributed by atoms with van der Waals surface area (Å²) in [5.74, 6) is 0. The zero-order valence-corrected chi connectivity index (χ0v) is 17.2. The van der Waals surface area contributed by atoms with Gasteiger partial charge in [0.15, 0.2) is 0 Å². The van der Waals surface area contributed by atoms with E-state index in [0.717, 1.165) is 0 Å². The van der Waals surface area contributed by atoms with E-state index >= 15 is 0 Å². The largest absolute Gasteiger partial charge is 0.726 e. The Morgan fingerprint density at radius 1 is 0.667 bits per heavy atom. The summed E-state index contributed by atoms with van der Waals surface area (Å²) in [6.45, 7) is 15.1. The van der Waals surface area contributed by atoms with Crippen molar-refractivity contribution >= 4 is 10.4 Å². The molecule has 0 aromatic rings. The Morgan fingerprint density at radius 2 is 0.958 bits per heavy atom. The van der Waals surface area contributed by atoms with Gasteiger partial charge in [-0.25, -0.2) is 8.42 Å². The minimum absolute atomic E-state index is 1.35. The second-order valence-corrected chi connectivity index (χ2v) is 7.64. The molecule has 0 aliphatic carbocycles. The first-order valence-corrected chi connectivity index (χ1v) is 11.1. The maximum Gasteiger partial charge on any atom is 0.215 e. The second kappa shape index (κ2) is 16.3. The molecule has 0 aromatic heterocycles. The van der Waals surface area contributed by atoms with Crippen LogP contribution in [-0.2, 0) is 10.4 Å². The number of hydrogen-bond donors (Lipinski definition) is 1. The predicted octanol–water partition coefficient (Wildman–Crippen LogP) is 4.79. The highest BCUT2D eigenvalue weighted by Gasteiger charge is 2.24. The lowest BCUT2D eigenvalue weighted by atomic mass is 10.1. The summed E-state index contributed by atoms with van der Waals surface area (Å²) in [4.78, 5) is 0. The Hall–Kier alpha value is -0.170. The second-order valence-electron chi connectivity index (χ2n) is 6.79. The summed E-state index contributed by atoms with van der Waals surface area (Å²) in [5, 5.41) is 0. The van der Waals surface area contributed by atoms with E-state index in [2.05, 4.69) is 27.7 Å². The summed E-state index contributed by atoms with van der Waals surface area (Å²) >= 11 is 0. The van der Waals surface area contributed by atoms with E-state index in [1.807, 2.05) is 0 Å². The third-order valence-electron chi connectivity index (χ3n) is 4.44. The smallest absolute Gasteiger partial charge is 0.215 e. The van der Waals surface area contributed by atoms with Crippen molar-refractivity contribution in [1.29, 1.82) is 0 Å². The highest BCUT2D eigenvalue weighted by molar-refractivity contribution is 7.79. The van der Waals surface area contributed by atoms with Crippen molar-refractivity contribution in [2.24, 2.45) is 0 Å². The maximum absolute atomic E-state index is 8.63. The van der Waals surface area contributed by atoms with E-state index in [-0.39, 0.29) is 0 Å². The first-order chi connectivity index (χ1) is 11.2. The molecule has 5 nitrogen and oxygen atoms in total. The van der Waals surface area contributed by atoms with E-state index in [4.69, 9.17) is 17.5 Å². The van der Waals surface area contributed by atoms with Gasteiger partial charge in [0, 0.05) is 0 Å². The number of nitrogens with zero attached hydrogens (tertiary/aromatic N) is 1. The Balaban J connectivity index is 0. The standard InChI is InChI=1S/C18H40N.H2O4S/c1-5-9-13-14-18-19(15-10-6-2,16-11-7-3)17-12-8-4;1-5(2,3)4/h5-18H2,1-4H3;(H2,1,2,3,4)/q+1;/p-1. The van der Waals surface area contributed by atoms with Crippen LogP contribution in [0.4, 0.5) is 0 Å². The van der Waals surface area contributed by atoms with Crippen LogP contribution in [0.25, 0.3) is 0 Å². The fourth-order valence-electron chi connectivity index (χ4n) is 3.03. The quantitative estimate of drug-likeness (QED) is 0.207. The summed E-state index contributed by atoms with van der Waals surface area (Å²) in [5.41, 5.74) is 0. The fraction of sp³-hybridized carbons (Fsp3) is 1.00. The third-order valence-corrected chi connectivity index (χ3v) is 4.44. The van der Waals surface area contributed by atoms with Gasteiger partial charge in [0.05, 0.1) is 26.2 Å². The van der Waals surface area contributed by atoms with Gasteiger partial charge in [-0.3, -0.25) is 4.55 Å². The molecule has 0 radical (unpaired) electrons. The molecule has 1 N–H and O–H groups in total. The van der Waals surface area contributed by atoms with Gasteiger partial charge in [-0.15, -0.1) is 0 Å². The SMILES string of the molecule is CCCCCC[N+](CCCC)(CCCC)CCCC.O=S(=O)([O-])O. The van der Waals surface area contributed by atoms with Crippen LogP contribution >= 0.6 is 0 Å². The van der Waals surface area contributed by atoms with E-state index in [9.17, 15) is 0 Å². The molecule has 0 atom stereocenters. The van der Waals surface area contributed by atoms with Gasteiger partial charge >= 0.3 is 0 Å². The van der Waals surface area contributed by atoms with E-state index in [1.165, 1.54) is 94.9 Å². The van der Waals surface area contributed by atoms with Crippen LogP contribution in [0.5, 0.6) is 0 Å². The summed E-state index contributed by atoms with van der Waals surface area (Å²) in [6.07, 6.45) is 14.0. The number of quaternary nitrogens is 1. The van der Waals surface area contributed by atoms with Crippen LogP contribution in [-0.4, -0.2) is 48.2 Å². The summed E-state index contributed by atoms with van der Waals surface area (Å²) in [7, 11) is -4.92. The first kappa shape index (κ1) is 26.1. The maximum atomic E-state index is 8.63. The van der Waals surface area contributed by atoms with Crippen molar-refractivity contribution < 1.29 is 22.0 Å². The van der Waals surface area contributed by atoms with Crippen LogP contribution in [0, 0.1) is 0 Å². The molecule has 148 valence electrons. The molecule has 0 spiro atoms. The van der Waals surface area contributed by atoms with Crippen molar-refractivity contribution in [2.45, 2.75) is 91.9 Å². The number of unbranched alkanes of at least 4 members (excludes halogenated alkanes) is 6. The van der Waals surface area contributed by atoms with E-state index in [1.54, 1.807) is 0 Å². The van der Waals surface area contributed by atoms with Gasteiger partial charge < -0.3 is 9.04 Å². The molecule has 0 saturated heterocycles. The average Bonchev–Trinajstić information content (AvgIpc) is 2.51. The molecule has 24 heavy (non-hydrogen) atoms. The average molecular weight is 368 g/mol. The topological polar surface area (TPSA) is 77.4 Å². The molecule has 0 amide bonds. The molecule has 0 unspecified atom stereocenters. The van der Waals surface area contributed by atoms with Gasteiger partial charge in [0.25, 0.3) is 0 Å². The van der Waals surface area contributed by atoms with Crippen LogP contribution < -0.4 is 0 Å². The van der Waals surface area contributed by atoms with Gasteiger partial charge in [0.2, 0.25) is 10.4 Å². The molecule has 0 aromatic carbocycles. The highest BCUT2D eigenvalue weighted by atomic mass is 32.3. The van der Waals surface area contributed by atoms with Gasteiger partial charge in [-0.1, -0.05) is 59.8 Å². The molecule has 0 saturated carbocycles. The summed E-state index contributed by atoms with van der Waals surface area (Å²) < 4.78 is 34.3. The number of hydrogen-bond acceptors (Lipinski definition) is 3. The lowest BCUT2D eigenvalue weighted by Crippen LogP contribution is -2.50. The zero-order chi connectivity index (χ0) is 18.9. The normalized spacial score (nSPS) is 11.9. The Morgan fingerprint density at radius 3 is 1.25 bits per heavy atom. The van der Waals surface area contributed by atoms with E-state index in [0.29, 0.717) is 0 Å². The Kier molecular flexibility index (Phi) is 17.7. The third kappa shape index (κ3) is 19.9. The van der Waals surface area contributed by atoms with Crippen molar-refractivity contribution in [1.82, 2.24) is 0 Å². The first-order valence-electron chi connectivity index (χ1n) is 9.78. The van der Waals surface area contributed by atoms with Crippen molar-refractivity contribution in [2.75, 3.05) is 26.2 Å². The van der Waals surface area contributed by atoms with Crippen LogP contribution in [0.3, 0.4) is 0 Å². The van der Waals surface area contributed by atoms with Crippen LogP contribution in [0.1, 0.15) is 91.9 Å². The molecule has 0 rings (SSSR count). The molecule has 0 heterocycles. The van der Waals surface area contributed by atoms with Crippen LogP contribution in [0.15, 0.2) is 0 Å². The van der Waals surface area contributed by atoms with Crippen molar-refractivity contribution in [3.63, 3.8) is 0 Å². The molecule has 0 bridgehead atoms. The fourth-order valence-corrected chi connectivity index (χ4v) is 3.03. The minimum atomic E-state index is -4.92. The lowest BCUT2D eigenvalue weighted by Gasteiger charge is -2.39. The Bertz CT molecular complexity index is 328. The zero-order valence-electron chi connectivity index (χ0n) is 16.4. The lowest BCUT2D eigenvalue weighted by molar-refractivity contribution is -0.929. The van der Waals surface area contributed by atoms with Gasteiger partial charge in [-0.2, -0.15) is 0 Å². The molecule has 0 aliphatic heterocycles.